The fourth-order valence-electron chi connectivity index (χ4n) is 1.38. The molecule has 1 heterocycles. The van der Waals surface area contributed by atoms with E-state index in [-0.39, 0.29) is 18.6 Å². The molecule has 1 aromatic heterocycles. The summed E-state index contributed by atoms with van der Waals surface area (Å²) < 4.78 is 5.45. The highest BCUT2D eigenvalue weighted by atomic mass is 16.5. The molecule has 0 aromatic carbocycles. The molecule has 4 N–H and O–H groups in total. The van der Waals surface area contributed by atoms with Crippen molar-refractivity contribution in [3.8, 4) is 5.88 Å². The second-order valence-corrected chi connectivity index (χ2v) is 5.16. The van der Waals surface area contributed by atoms with Gasteiger partial charge >= 0.3 is 0 Å². The van der Waals surface area contributed by atoms with Crippen molar-refractivity contribution in [2.75, 3.05) is 24.1 Å². The maximum Gasteiger partial charge on any atom is 0.242 e. The van der Waals surface area contributed by atoms with Crippen molar-refractivity contribution in [2.45, 2.75) is 33.8 Å². The van der Waals surface area contributed by atoms with E-state index >= 15 is 0 Å². The van der Waals surface area contributed by atoms with E-state index < -0.39 is 0 Å². The number of anilines is 2. The highest BCUT2D eigenvalue weighted by Gasteiger charge is 2.11. The minimum Gasteiger partial charge on any atom is -0.473 e. The van der Waals surface area contributed by atoms with Crippen LogP contribution >= 0.6 is 0 Å². The number of nitrogens with two attached hydrogens (primary N) is 1. The van der Waals surface area contributed by atoms with Gasteiger partial charge in [-0.15, -0.1) is 0 Å². The summed E-state index contributed by atoms with van der Waals surface area (Å²) in [5.41, 5.74) is 6.20. The third-order valence-corrected chi connectivity index (χ3v) is 2.32. The van der Waals surface area contributed by atoms with Crippen LogP contribution in [0.25, 0.3) is 0 Å². The number of hydrogen-bond donors (Lipinski definition) is 3. The van der Waals surface area contributed by atoms with Gasteiger partial charge in [0, 0.05) is 6.54 Å². The monoisotopic (exact) mass is 281 g/mol. The molecule has 0 aliphatic rings. The lowest BCUT2D eigenvalue weighted by Crippen LogP contribution is -2.32. The molecule has 0 saturated heterocycles. The minimum atomic E-state index is -0.108. The molecule has 1 rings (SSSR count). The molecule has 112 valence electrons. The largest absolute Gasteiger partial charge is 0.473 e. The van der Waals surface area contributed by atoms with E-state index in [2.05, 4.69) is 20.6 Å². The molecule has 0 saturated carbocycles. The van der Waals surface area contributed by atoms with Crippen LogP contribution in [0.3, 0.4) is 0 Å². The van der Waals surface area contributed by atoms with E-state index in [1.54, 1.807) is 0 Å². The van der Waals surface area contributed by atoms with Gasteiger partial charge in [0.2, 0.25) is 11.8 Å². The molecule has 0 fully saturated rings. The van der Waals surface area contributed by atoms with E-state index in [0.717, 1.165) is 0 Å². The number of hydrogen-bond acceptors (Lipinski definition) is 6. The first kappa shape index (κ1) is 16.0. The van der Waals surface area contributed by atoms with Crippen molar-refractivity contribution in [1.29, 1.82) is 0 Å². The number of nitrogens with zero attached hydrogens (tertiary/aromatic N) is 2. The van der Waals surface area contributed by atoms with Gasteiger partial charge in [-0.2, -0.15) is 4.98 Å². The Morgan fingerprint density at radius 3 is 2.65 bits per heavy atom. The normalized spacial score (nSPS) is 10.7. The number of ether oxygens (including phenoxy) is 1. The van der Waals surface area contributed by atoms with Gasteiger partial charge in [-0.3, -0.25) is 4.79 Å². The summed E-state index contributed by atoms with van der Waals surface area (Å²) in [5, 5.41) is 5.68. The van der Waals surface area contributed by atoms with Crippen LogP contribution in [0.15, 0.2) is 6.33 Å². The quantitative estimate of drug-likeness (QED) is 0.690. The van der Waals surface area contributed by atoms with Crippen molar-refractivity contribution in [3.63, 3.8) is 0 Å². The summed E-state index contributed by atoms with van der Waals surface area (Å²) in [7, 11) is 0. The van der Waals surface area contributed by atoms with Crippen molar-refractivity contribution >= 4 is 17.4 Å². The molecule has 0 bridgehead atoms. The van der Waals surface area contributed by atoms with Gasteiger partial charge in [0.25, 0.3) is 0 Å². The van der Waals surface area contributed by atoms with Crippen LogP contribution in [0.2, 0.25) is 0 Å². The van der Waals surface area contributed by atoms with Gasteiger partial charge < -0.3 is 21.1 Å². The topological polar surface area (TPSA) is 102 Å². The zero-order valence-electron chi connectivity index (χ0n) is 12.4. The Morgan fingerprint density at radius 2 is 2.05 bits per heavy atom. The molecule has 0 unspecified atom stereocenters. The first-order chi connectivity index (χ1) is 9.40. The Balaban J connectivity index is 2.57. The van der Waals surface area contributed by atoms with Gasteiger partial charge in [0.05, 0.1) is 12.6 Å². The number of carbonyl (C=O) groups excluding carboxylic acids is 1. The van der Waals surface area contributed by atoms with Crippen LogP contribution < -0.4 is 21.1 Å². The van der Waals surface area contributed by atoms with Crippen LogP contribution in [-0.4, -0.2) is 35.1 Å². The molecule has 1 aromatic rings. The summed E-state index contributed by atoms with van der Waals surface area (Å²) >= 11 is 0. The van der Waals surface area contributed by atoms with Gasteiger partial charge in [-0.1, -0.05) is 13.8 Å². The number of amides is 1. The fourth-order valence-corrected chi connectivity index (χ4v) is 1.38. The Hall–Kier alpha value is -2.05. The summed E-state index contributed by atoms with van der Waals surface area (Å²) in [6.07, 6.45) is 1.32. The molecule has 0 atom stereocenters. The molecule has 1 amide bonds. The zero-order chi connectivity index (χ0) is 15.1. The SMILES string of the molecule is CC(C)CNC(=O)CNc1ncnc(OC(C)C)c1N. The first-order valence-corrected chi connectivity index (χ1v) is 6.67. The number of nitrogen functional groups attached to an aromatic ring is 1. The Bertz CT molecular complexity index is 448. The summed E-state index contributed by atoms with van der Waals surface area (Å²) in [6.45, 7) is 8.58. The van der Waals surface area contributed by atoms with E-state index in [9.17, 15) is 4.79 Å². The van der Waals surface area contributed by atoms with E-state index in [0.29, 0.717) is 29.8 Å². The smallest absolute Gasteiger partial charge is 0.242 e. The molecule has 7 heteroatoms. The van der Waals surface area contributed by atoms with Crippen molar-refractivity contribution < 1.29 is 9.53 Å². The molecular weight excluding hydrogens is 258 g/mol. The lowest BCUT2D eigenvalue weighted by atomic mass is 10.2. The van der Waals surface area contributed by atoms with E-state index in [4.69, 9.17) is 10.5 Å². The third kappa shape index (κ3) is 5.29. The number of nitrogens with one attached hydrogen (secondary N) is 2. The highest BCUT2D eigenvalue weighted by Crippen LogP contribution is 2.24. The highest BCUT2D eigenvalue weighted by molar-refractivity contribution is 5.81. The van der Waals surface area contributed by atoms with Crippen molar-refractivity contribution in [1.82, 2.24) is 15.3 Å². The summed E-state index contributed by atoms with van der Waals surface area (Å²) in [5.74, 6) is 1.02. The van der Waals surface area contributed by atoms with Gasteiger partial charge in [0.15, 0.2) is 5.82 Å². The first-order valence-electron chi connectivity index (χ1n) is 6.67. The fraction of sp³-hybridized carbons (Fsp3) is 0.615. The maximum absolute atomic E-state index is 11.6. The molecule has 0 spiro atoms. The minimum absolute atomic E-state index is 0.0330. The van der Waals surface area contributed by atoms with E-state index in [1.165, 1.54) is 6.33 Å². The molecule has 0 aliphatic heterocycles. The zero-order valence-corrected chi connectivity index (χ0v) is 12.4. The number of aromatic nitrogens is 2. The standard InChI is InChI=1S/C13H23N5O2/c1-8(2)5-15-10(19)6-16-12-11(14)13(18-7-17-12)20-9(3)4/h7-9H,5-6,14H2,1-4H3,(H,15,19)(H,16,17,18). The average Bonchev–Trinajstić information content (AvgIpc) is 2.37. The predicted octanol–water partition coefficient (Wildman–Crippen LogP) is 1.03. The third-order valence-electron chi connectivity index (χ3n) is 2.32. The lowest BCUT2D eigenvalue weighted by Gasteiger charge is -2.14. The van der Waals surface area contributed by atoms with E-state index in [1.807, 2.05) is 27.7 Å². The molecule has 20 heavy (non-hydrogen) atoms. The van der Waals surface area contributed by atoms with Crippen LogP contribution in [-0.2, 0) is 4.79 Å². The summed E-state index contributed by atoms with van der Waals surface area (Å²) in [6, 6.07) is 0. The van der Waals surface area contributed by atoms with Gasteiger partial charge in [0.1, 0.15) is 12.0 Å². The number of carbonyl (C=O) groups is 1. The lowest BCUT2D eigenvalue weighted by molar-refractivity contribution is -0.119. The maximum atomic E-state index is 11.6. The Labute approximate surface area is 119 Å². The number of rotatable bonds is 7. The van der Waals surface area contributed by atoms with Crippen LogP contribution in [0.5, 0.6) is 5.88 Å². The Morgan fingerprint density at radius 1 is 1.35 bits per heavy atom. The van der Waals surface area contributed by atoms with Crippen LogP contribution in [0, 0.1) is 5.92 Å². The average molecular weight is 281 g/mol. The van der Waals surface area contributed by atoms with Crippen molar-refractivity contribution in [3.05, 3.63) is 6.33 Å². The molecule has 0 radical (unpaired) electrons. The van der Waals surface area contributed by atoms with Gasteiger partial charge in [-0.25, -0.2) is 4.98 Å². The van der Waals surface area contributed by atoms with Crippen molar-refractivity contribution in [2.24, 2.45) is 5.92 Å². The molecule has 7 nitrogen and oxygen atoms in total. The second kappa shape index (κ2) is 7.52. The Kier molecular flexibility index (Phi) is 6.02. The van der Waals surface area contributed by atoms with Crippen LogP contribution in [0.4, 0.5) is 11.5 Å². The predicted molar refractivity (Wildman–Crippen MR) is 78.5 cm³/mol. The molecule has 0 aliphatic carbocycles. The van der Waals surface area contributed by atoms with Gasteiger partial charge in [-0.05, 0) is 19.8 Å². The molecular formula is C13H23N5O2. The van der Waals surface area contributed by atoms with Crippen LogP contribution in [0.1, 0.15) is 27.7 Å². The summed E-state index contributed by atoms with van der Waals surface area (Å²) in [4.78, 5) is 19.6. The second-order valence-electron chi connectivity index (χ2n) is 5.16.